The molecule has 0 heterocycles. The van der Waals surface area contributed by atoms with Crippen molar-refractivity contribution in [1.29, 1.82) is 0 Å². The second-order valence-electron chi connectivity index (χ2n) is 3.79. The number of nitrogens with zero attached hydrogens (tertiary/aromatic N) is 1. The molecule has 0 atom stereocenters. The molecule has 1 N–H and O–H groups in total. The molecule has 1 aromatic carbocycles. The summed E-state index contributed by atoms with van der Waals surface area (Å²) in [6.07, 6.45) is 1.59. The molecule has 0 fully saturated rings. The fraction of sp³-hybridized carbons (Fsp3) is 0.417. The summed E-state index contributed by atoms with van der Waals surface area (Å²) in [7, 11) is 1.61. The Kier molecular flexibility index (Phi) is 5.74. The summed E-state index contributed by atoms with van der Waals surface area (Å²) in [5.41, 5.74) is -0.821. The second kappa shape index (κ2) is 7.32. The van der Waals surface area contributed by atoms with Crippen molar-refractivity contribution in [2.45, 2.75) is 12.8 Å². The zero-order chi connectivity index (χ0) is 14.3. The standard InChI is InChI=1S/C12H15NO6/c1-18-6-2-3-7-19-9-4-5-11(13(16)17)10(8-9)12(14)15/h4-5,8H,2-3,6-7H2,1H3,(H,14,15). The van der Waals surface area contributed by atoms with Crippen molar-refractivity contribution >= 4 is 11.7 Å². The number of carboxylic acids is 1. The third kappa shape index (κ3) is 4.55. The number of methoxy groups -OCH3 is 1. The summed E-state index contributed by atoms with van der Waals surface area (Å²) >= 11 is 0. The lowest BCUT2D eigenvalue weighted by molar-refractivity contribution is -0.385. The topological polar surface area (TPSA) is 98.9 Å². The summed E-state index contributed by atoms with van der Waals surface area (Å²) in [4.78, 5) is 20.8. The summed E-state index contributed by atoms with van der Waals surface area (Å²) in [6, 6.07) is 3.69. The second-order valence-corrected chi connectivity index (χ2v) is 3.79. The van der Waals surface area contributed by atoms with Gasteiger partial charge in [-0.1, -0.05) is 0 Å². The molecular formula is C12H15NO6. The summed E-state index contributed by atoms with van der Waals surface area (Å²) in [5, 5.41) is 19.6. The predicted octanol–water partition coefficient (Wildman–Crippen LogP) is 2.10. The number of nitro benzene ring substituents is 1. The third-order valence-corrected chi connectivity index (χ3v) is 2.41. The van der Waals surface area contributed by atoms with Crippen LogP contribution in [0.2, 0.25) is 0 Å². The van der Waals surface area contributed by atoms with Gasteiger partial charge in [0.2, 0.25) is 0 Å². The van der Waals surface area contributed by atoms with Crippen LogP contribution in [-0.4, -0.2) is 36.3 Å². The minimum atomic E-state index is -1.35. The van der Waals surface area contributed by atoms with Crippen molar-refractivity contribution < 1.29 is 24.3 Å². The van der Waals surface area contributed by atoms with Crippen LogP contribution in [0.25, 0.3) is 0 Å². The zero-order valence-electron chi connectivity index (χ0n) is 10.5. The molecule has 0 radical (unpaired) electrons. The molecule has 0 saturated heterocycles. The largest absolute Gasteiger partial charge is 0.494 e. The molecule has 7 nitrogen and oxygen atoms in total. The van der Waals surface area contributed by atoms with Gasteiger partial charge in [-0.3, -0.25) is 10.1 Å². The zero-order valence-corrected chi connectivity index (χ0v) is 10.5. The van der Waals surface area contributed by atoms with Crippen LogP contribution < -0.4 is 4.74 Å². The Hall–Kier alpha value is -2.15. The average molecular weight is 269 g/mol. The van der Waals surface area contributed by atoms with Crippen LogP contribution in [-0.2, 0) is 4.74 Å². The van der Waals surface area contributed by atoms with Crippen molar-refractivity contribution in [2.75, 3.05) is 20.3 Å². The number of hydrogen-bond donors (Lipinski definition) is 1. The average Bonchev–Trinajstić information content (AvgIpc) is 2.38. The van der Waals surface area contributed by atoms with Crippen LogP contribution in [0, 0.1) is 10.1 Å². The van der Waals surface area contributed by atoms with Gasteiger partial charge < -0.3 is 14.6 Å². The molecule has 0 aliphatic heterocycles. The fourth-order valence-electron chi connectivity index (χ4n) is 1.47. The molecule has 1 rings (SSSR count). The van der Waals surface area contributed by atoms with Crippen molar-refractivity contribution in [2.24, 2.45) is 0 Å². The molecule has 0 bridgehead atoms. The highest BCUT2D eigenvalue weighted by Crippen LogP contribution is 2.24. The first-order chi connectivity index (χ1) is 9.06. The minimum absolute atomic E-state index is 0.306. The number of rotatable bonds is 8. The van der Waals surface area contributed by atoms with Gasteiger partial charge in [-0.2, -0.15) is 0 Å². The van der Waals surface area contributed by atoms with E-state index >= 15 is 0 Å². The molecule has 0 aromatic heterocycles. The van der Waals surface area contributed by atoms with E-state index in [0.29, 0.717) is 19.0 Å². The first-order valence-electron chi connectivity index (χ1n) is 5.69. The van der Waals surface area contributed by atoms with Gasteiger partial charge in [-0.25, -0.2) is 4.79 Å². The van der Waals surface area contributed by atoms with Crippen molar-refractivity contribution in [3.63, 3.8) is 0 Å². The molecule has 1 aromatic rings. The SMILES string of the molecule is COCCCCOc1ccc([N+](=O)[O-])c(C(=O)O)c1. The van der Waals surface area contributed by atoms with E-state index in [2.05, 4.69) is 0 Å². The van der Waals surface area contributed by atoms with Crippen LogP contribution in [0.1, 0.15) is 23.2 Å². The highest BCUT2D eigenvalue weighted by atomic mass is 16.6. The van der Waals surface area contributed by atoms with Gasteiger partial charge in [0.1, 0.15) is 11.3 Å². The predicted molar refractivity (Wildman–Crippen MR) is 66.7 cm³/mol. The van der Waals surface area contributed by atoms with E-state index in [9.17, 15) is 14.9 Å². The van der Waals surface area contributed by atoms with Gasteiger partial charge in [-0.05, 0) is 18.9 Å². The molecule has 0 aliphatic rings. The smallest absolute Gasteiger partial charge is 0.342 e. The van der Waals surface area contributed by atoms with Crippen LogP contribution >= 0.6 is 0 Å². The van der Waals surface area contributed by atoms with Crippen molar-refractivity contribution in [3.8, 4) is 5.75 Å². The number of nitro groups is 1. The Morgan fingerprint density at radius 2 is 2.05 bits per heavy atom. The number of ether oxygens (including phenoxy) is 2. The molecule has 0 spiro atoms. The highest BCUT2D eigenvalue weighted by Gasteiger charge is 2.20. The summed E-state index contributed by atoms with van der Waals surface area (Å²) < 4.78 is 10.2. The lowest BCUT2D eigenvalue weighted by Gasteiger charge is -2.07. The molecule has 0 saturated carbocycles. The van der Waals surface area contributed by atoms with Gasteiger partial charge in [0.05, 0.1) is 11.5 Å². The first kappa shape index (κ1) is 14.9. The Labute approximate surface area is 109 Å². The lowest BCUT2D eigenvalue weighted by Crippen LogP contribution is -2.05. The maximum atomic E-state index is 10.9. The first-order valence-corrected chi connectivity index (χ1v) is 5.69. The van der Waals surface area contributed by atoms with Crippen molar-refractivity contribution in [3.05, 3.63) is 33.9 Å². The Morgan fingerprint density at radius 3 is 2.63 bits per heavy atom. The van der Waals surface area contributed by atoms with E-state index in [1.165, 1.54) is 6.07 Å². The number of benzene rings is 1. The Balaban J connectivity index is 2.68. The fourth-order valence-corrected chi connectivity index (χ4v) is 1.47. The van der Waals surface area contributed by atoms with E-state index in [1.807, 2.05) is 0 Å². The van der Waals surface area contributed by atoms with Crippen LogP contribution in [0.5, 0.6) is 5.75 Å². The molecule has 19 heavy (non-hydrogen) atoms. The third-order valence-electron chi connectivity index (χ3n) is 2.41. The van der Waals surface area contributed by atoms with Crippen LogP contribution in [0.15, 0.2) is 18.2 Å². The number of hydrogen-bond acceptors (Lipinski definition) is 5. The normalized spacial score (nSPS) is 10.2. The maximum Gasteiger partial charge on any atom is 0.342 e. The van der Waals surface area contributed by atoms with E-state index < -0.39 is 16.6 Å². The number of aromatic carboxylic acids is 1. The van der Waals surface area contributed by atoms with E-state index in [-0.39, 0.29) is 5.56 Å². The molecule has 104 valence electrons. The lowest BCUT2D eigenvalue weighted by atomic mass is 10.1. The maximum absolute atomic E-state index is 10.9. The highest BCUT2D eigenvalue weighted by molar-refractivity contribution is 5.92. The number of unbranched alkanes of at least 4 members (excludes halogenated alkanes) is 1. The van der Waals surface area contributed by atoms with E-state index in [1.54, 1.807) is 7.11 Å². The summed E-state index contributed by atoms with van der Waals surface area (Å²) in [5.74, 6) is -1.04. The van der Waals surface area contributed by atoms with Crippen LogP contribution in [0.4, 0.5) is 5.69 Å². The molecule has 0 unspecified atom stereocenters. The quantitative estimate of drug-likeness (QED) is 0.440. The van der Waals surface area contributed by atoms with Gasteiger partial charge in [0.15, 0.2) is 0 Å². The van der Waals surface area contributed by atoms with Gasteiger partial charge in [0.25, 0.3) is 5.69 Å². The van der Waals surface area contributed by atoms with Crippen molar-refractivity contribution in [1.82, 2.24) is 0 Å². The monoisotopic (exact) mass is 269 g/mol. The van der Waals surface area contributed by atoms with Gasteiger partial charge in [-0.15, -0.1) is 0 Å². The van der Waals surface area contributed by atoms with Gasteiger partial charge in [0, 0.05) is 25.8 Å². The summed E-state index contributed by atoms with van der Waals surface area (Å²) in [6.45, 7) is 1.03. The Morgan fingerprint density at radius 1 is 1.37 bits per heavy atom. The molecular weight excluding hydrogens is 254 g/mol. The minimum Gasteiger partial charge on any atom is -0.494 e. The molecule has 0 aliphatic carbocycles. The van der Waals surface area contributed by atoms with E-state index in [0.717, 1.165) is 25.0 Å². The van der Waals surface area contributed by atoms with Crippen LogP contribution in [0.3, 0.4) is 0 Å². The van der Waals surface area contributed by atoms with Gasteiger partial charge >= 0.3 is 5.97 Å². The molecule has 0 amide bonds. The Bertz CT molecular complexity index is 460. The van der Waals surface area contributed by atoms with E-state index in [4.69, 9.17) is 14.6 Å². The number of carboxylic acid groups (broad SMARTS) is 1. The number of carbonyl (C=O) groups is 1. The molecule has 7 heteroatoms.